The summed E-state index contributed by atoms with van der Waals surface area (Å²) in [6, 6.07) is 2.86. The van der Waals surface area contributed by atoms with Gasteiger partial charge in [-0.1, -0.05) is 20.3 Å². The fourth-order valence-corrected chi connectivity index (χ4v) is 3.03. The standard InChI is InChI=1S/C17H24NO10P/c1-3-10(2)7-13(19)28-17(22)11-5-4-6-18(8-11)16-15(21)14(20)12(27-16)9-26-29(23,24)25/h4-6,8,10,12,14-16,20-21H,3,7,9H2,1-2H3,(H-,23,24,25)/p+1/t10-,12-,14-,15-,16-/m1/s1. The van der Waals surface area contributed by atoms with Crippen molar-refractivity contribution in [3.05, 3.63) is 30.1 Å². The number of carbonyl (C=O) groups is 2. The predicted octanol–water partition coefficient (Wildman–Crippen LogP) is -0.178. The zero-order chi connectivity index (χ0) is 21.8. The third kappa shape index (κ3) is 6.65. The first kappa shape index (κ1) is 23.6. The van der Waals surface area contributed by atoms with Crippen molar-refractivity contribution in [3.63, 3.8) is 0 Å². The van der Waals surface area contributed by atoms with E-state index in [0.29, 0.717) is 0 Å². The van der Waals surface area contributed by atoms with Gasteiger partial charge in [-0.15, -0.1) is 0 Å². The number of hydrogen-bond acceptors (Lipinski definition) is 8. The van der Waals surface area contributed by atoms with E-state index in [2.05, 4.69) is 4.52 Å². The molecule has 2 rings (SSSR count). The number of esters is 2. The highest BCUT2D eigenvalue weighted by atomic mass is 31.2. The molecule has 29 heavy (non-hydrogen) atoms. The van der Waals surface area contributed by atoms with Crippen LogP contribution in [0.5, 0.6) is 0 Å². The van der Waals surface area contributed by atoms with Crippen molar-refractivity contribution in [1.82, 2.24) is 0 Å². The number of phosphoric acid groups is 1. The van der Waals surface area contributed by atoms with E-state index in [0.717, 1.165) is 6.42 Å². The quantitative estimate of drug-likeness (QED) is 0.187. The number of aliphatic hydroxyl groups excluding tert-OH is 2. The molecule has 1 aliphatic heterocycles. The monoisotopic (exact) mass is 434 g/mol. The van der Waals surface area contributed by atoms with Crippen LogP contribution in [0.3, 0.4) is 0 Å². The van der Waals surface area contributed by atoms with Crippen LogP contribution in [0.15, 0.2) is 24.5 Å². The van der Waals surface area contributed by atoms with Gasteiger partial charge in [0.25, 0.3) is 6.23 Å². The lowest BCUT2D eigenvalue weighted by Crippen LogP contribution is -2.46. The van der Waals surface area contributed by atoms with E-state index in [1.54, 1.807) is 0 Å². The molecule has 1 saturated heterocycles. The Kier molecular flexibility index (Phi) is 8.01. The van der Waals surface area contributed by atoms with Crippen molar-refractivity contribution in [2.75, 3.05) is 6.61 Å². The van der Waals surface area contributed by atoms with Gasteiger partial charge in [0.15, 0.2) is 18.5 Å². The number of aromatic nitrogens is 1. The second-order valence-corrected chi connectivity index (χ2v) is 8.09. The highest BCUT2D eigenvalue weighted by molar-refractivity contribution is 7.46. The third-order valence-electron chi connectivity index (χ3n) is 4.51. The van der Waals surface area contributed by atoms with Crippen LogP contribution in [0.25, 0.3) is 0 Å². The topological polar surface area (TPSA) is 164 Å². The summed E-state index contributed by atoms with van der Waals surface area (Å²) in [6.45, 7) is 3.13. The first-order valence-corrected chi connectivity index (χ1v) is 10.5. The molecular formula is C17H25NO10P+. The van der Waals surface area contributed by atoms with Crippen molar-refractivity contribution in [3.8, 4) is 0 Å². The molecule has 5 atom stereocenters. The lowest BCUT2D eigenvalue weighted by atomic mass is 10.1. The number of aliphatic hydroxyl groups is 2. The molecular weight excluding hydrogens is 409 g/mol. The molecule has 4 N–H and O–H groups in total. The summed E-state index contributed by atoms with van der Waals surface area (Å²) in [5.41, 5.74) is 0.0187. The van der Waals surface area contributed by atoms with Crippen molar-refractivity contribution >= 4 is 19.8 Å². The summed E-state index contributed by atoms with van der Waals surface area (Å²) in [5, 5.41) is 20.2. The van der Waals surface area contributed by atoms with Gasteiger partial charge in [0.1, 0.15) is 17.8 Å². The molecule has 1 aliphatic rings. The summed E-state index contributed by atoms with van der Waals surface area (Å²) in [6.07, 6.45) is -1.71. The summed E-state index contributed by atoms with van der Waals surface area (Å²) in [4.78, 5) is 41.5. The molecule has 0 amide bonds. The van der Waals surface area contributed by atoms with E-state index in [1.165, 1.54) is 29.1 Å². The van der Waals surface area contributed by atoms with Gasteiger partial charge in [-0.25, -0.2) is 9.36 Å². The van der Waals surface area contributed by atoms with Gasteiger partial charge in [0, 0.05) is 12.5 Å². The molecule has 12 heteroatoms. The van der Waals surface area contributed by atoms with Crippen LogP contribution in [-0.4, -0.2) is 56.9 Å². The number of hydrogen-bond donors (Lipinski definition) is 4. The summed E-state index contributed by atoms with van der Waals surface area (Å²) >= 11 is 0. The molecule has 0 aromatic carbocycles. The number of carbonyl (C=O) groups excluding carboxylic acids is 2. The summed E-state index contributed by atoms with van der Waals surface area (Å²) in [7, 11) is -4.78. The number of nitrogens with zero attached hydrogens (tertiary/aromatic N) is 1. The molecule has 1 fully saturated rings. The Balaban J connectivity index is 2.07. The maximum absolute atomic E-state index is 12.2. The highest BCUT2D eigenvalue weighted by Crippen LogP contribution is 2.37. The van der Waals surface area contributed by atoms with Gasteiger partial charge in [-0.2, -0.15) is 4.57 Å². The lowest BCUT2D eigenvalue weighted by Gasteiger charge is -2.13. The molecule has 0 bridgehead atoms. The first-order chi connectivity index (χ1) is 13.5. The Hall–Kier alpha value is -1.72. The SMILES string of the molecule is CC[C@@H](C)CC(=O)OC(=O)c1ccc[n+]([C@@H]2O[C@H](COP(=O)(O)O)[C@@H](O)[C@H]2O)c1. The number of pyridine rings is 1. The normalized spacial score (nSPS) is 25.6. The third-order valence-corrected chi connectivity index (χ3v) is 5.00. The summed E-state index contributed by atoms with van der Waals surface area (Å²) < 4.78 is 26.6. The van der Waals surface area contributed by atoms with Gasteiger partial charge in [-0.3, -0.25) is 9.32 Å². The maximum Gasteiger partial charge on any atom is 0.469 e. The Morgan fingerprint density at radius 2 is 2.00 bits per heavy atom. The Bertz CT molecular complexity index is 781. The minimum absolute atomic E-state index is 0.0187. The van der Waals surface area contributed by atoms with Crippen molar-refractivity contribution in [1.29, 1.82) is 0 Å². The Morgan fingerprint density at radius 3 is 2.62 bits per heavy atom. The van der Waals surface area contributed by atoms with Crippen molar-refractivity contribution in [2.45, 2.75) is 51.2 Å². The molecule has 11 nitrogen and oxygen atoms in total. The second kappa shape index (κ2) is 9.86. The Morgan fingerprint density at radius 1 is 1.31 bits per heavy atom. The van der Waals surface area contributed by atoms with Gasteiger partial charge in [0.05, 0.1) is 6.61 Å². The first-order valence-electron chi connectivity index (χ1n) is 8.99. The van der Waals surface area contributed by atoms with Gasteiger partial charge >= 0.3 is 19.8 Å². The van der Waals surface area contributed by atoms with Crippen molar-refractivity contribution in [2.24, 2.45) is 5.92 Å². The van der Waals surface area contributed by atoms with Crippen LogP contribution >= 0.6 is 7.82 Å². The Labute approximate surface area is 167 Å². The smallest absolute Gasteiger partial charge is 0.389 e. The van der Waals surface area contributed by atoms with E-state index in [9.17, 15) is 24.4 Å². The molecule has 0 saturated carbocycles. The van der Waals surface area contributed by atoms with Crippen LogP contribution in [-0.2, 0) is 23.4 Å². The van der Waals surface area contributed by atoms with E-state index in [-0.39, 0.29) is 17.9 Å². The van der Waals surface area contributed by atoms with Gasteiger partial charge < -0.3 is 29.5 Å². The van der Waals surface area contributed by atoms with Crippen LogP contribution in [0.2, 0.25) is 0 Å². The second-order valence-electron chi connectivity index (χ2n) is 6.85. The largest absolute Gasteiger partial charge is 0.469 e. The molecule has 0 radical (unpaired) electrons. The number of ether oxygens (including phenoxy) is 2. The van der Waals surface area contributed by atoms with Crippen LogP contribution in [0.1, 0.15) is 43.3 Å². The average Bonchev–Trinajstić information content (AvgIpc) is 2.94. The van der Waals surface area contributed by atoms with Crippen LogP contribution < -0.4 is 4.57 Å². The zero-order valence-electron chi connectivity index (χ0n) is 16.0. The fraction of sp³-hybridized carbons (Fsp3) is 0.588. The molecule has 2 heterocycles. The van der Waals surface area contributed by atoms with E-state index >= 15 is 0 Å². The highest BCUT2D eigenvalue weighted by Gasteiger charge is 2.49. The predicted molar refractivity (Wildman–Crippen MR) is 95.1 cm³/mol. The van der Waals surface area contributed by atoms with Crippen molar-refractivity contribution < 1.29 is 52.7 Å². The zero-order valence-corrected chi connectivity index (χ0v) is 16.8. The van der Waals surface area contributed by atoms with Gasteiger partial charge in [0.2, 0.25) is 0 Å². The number of rotatable bonds is 8. The molecule has 1 aromatic rings. The average molecular weight is 434 g/mol. The fourth-order valence-electron chi connectivity index (χ4n) is 2.69. The molecule has 1 aromatic heterocycles. The lowest BCUT2D eigenvalue weighted by molar-refractivity contribution is -0.765. The molecule has 0 aliphatic carbocycles. The maximum atomic E-state index is 12.2. The van der Waals surface area contributed by atoms with E-state index < -0.39 is 50.9 Å². The molecule has 0 spiro atoms. The van der Waals surface area contributed by atoms with Crippen LogP contribution in [0, 0.1) is 5.92 Å². The molecule has 162 valence electrons. The van der Waals surface area contributed by atoms with Crippen LogP contribution in [0.4, 0.5) is 0 Å². The minimum Gasteiger partial charge on any atom is -0.389 e. The van der Waals surface area contributed by atoms with E-state index in [1.807, 2.05) is 13.8 Å². The van der Waals surface area contributed by atoms with E-state index in [4.69, 9.17) is 19.3 Å². The summed E-state index contributed by atoms with van der Waals surface area (Å²) in [5.74, 6) is -1.45. The number of phosphoric ester groups is 1. The minimum atomic E-state index is -4.78. The van der Waals surface area contributed by atoms with Gasteiger partial charge in [-0.05, 0) is 12.0 Å². The molecule has 0 unspecified atom stereocenters.